The maximum atomic E-state index is 12.5. The van der Waals surface area contributed by atoms with Crippen LogP contribution in [0, 0.1) is 5.92 Å². The van der Waals surface area contributed by atoms with E-state index in [2.05, 4.69) is 4.72 Å². The molecule has 1 saturated carbocycles. The van der Waals surface area contributed by atoms with Crippen molar-refractivity contribution in [3.63, 3.8) is 0 Å². The number of benzene rings is 1. The van der Waals surface area contributed by atoms with Crippen LogP contribution in [0.5, 0.6) is 5.75 Å². The van der Waals surface area contributed by atoms with Gasteiger partial charge in [-0.15, -0.1) is 0 Å². The van der Waals surface area contributed by atoms with Gasteiger partial charge in [-0.25, -0.2) is 13.1 Å². The Hall–Kier alpha value is -1.11. The monoisotopic (exact) mass is 312 g/mol. The minimum atomic E-state index is -3.51. The first-order valence-corrected chi connectivity index (χ1v) is 8.87. The predicted molar refractivity (Wildman–Crippen MR) is 82.6 cm³/mol. The minimum Gasteiger partial charge on any atom is -0.496 e. The molecule has 21 heavy (non-hydrogen) atoms. The van der Waals surface area contributed by atoms with E-state index >= 15 is 0 Å². The summed E-state index contributed by atoms with van der Waals surface area (Å²) in [5, 5.41) is 0. The Balaban J connectivity index is 2.17. The lowest BCUT2D eigenvalue weighted by molar-refractivity contribution is 0.409. The van der Waals surface area contributed by atoms with Crippen LogP contribution in [0.15, 0.2) is 23.1 Å². The lowest BCUT2D eigenvalue weighted by atomic mass is 10.1. The van der Waals surface area contributed by atoms with Crippen molar-refractivity contribution in [1.82, 2.24) is 4.72 Å². The maximum absolute atomic E-state index is 12.5. The van der Waals surface area contributed by atoms with Crippen molar-refractivity contribution in [2.75, 3.05) is 7.11 Å². The molecule has 1 aliphatic rings. The highest BCUT2D eigenvalue weighted by Gasteiger charge is 2.27. The van der Waals surface area contributed by atoms with Gasteiger partial charge in [0.1, 0.15) is 5.75 Å². The first kappa shape index (κ1) is 16.3. The van der Waals surface area contributed by atoms with E-state index in [1.165, 1.54) is 12.8 Å². The van der Waals surface area contributed by atoms with E-state index in [1.807, 2.05) is 6.92 Å². The molecule has 0 saturated heterocycles. The van der Waals surface area contributed by atoms with Crippen LogP contribution in [0.25, 0.3) is 0 Å². The van der Waals surface area contributed by atoms with Crippen molar-refractivity contribution in [1.29, 1.82) is 0 Å². The third-order valence-corrected chi connectivity index (χ3v) is 5.43. The average Bonchev–Trinajstić information content (AvgIpc) is 3.29. The molecule has 1 unspecified atom stereocenters. The summed E-state index contributed by atoms with van der Waals surface area (Å²) in [5.74, 6) is 1.30. The van der Waals surface area contributed by atoms with E-state index in [9.17, 15) is 8.42 Å². The van der Waals surface area contributed by atoms with Gasteiger partial charge in [0.15, 0.2) is 0 Å². The zero-order valence-electron chi connectivity index (χ0n) is 12.6. The summed E-state index contributed by atoms with van der Waals surface area (Å²) >= 11 is 0. The van der Waals surface area contributed by atoms with Crippen molar-refractivity contribution in [2.24, 2.45) is 11.7 Å². The van der Waals surface area contributed by atoms with E-state index in [4.69, 9.17) is 10.5 Å². The Bertz CT molecular complexity index is 583. The van der Waals surface area contributed by atoms with Crippen LogP contribution in [-0.4, -0.2) is 21.6 Å². The fourth-order valence-electron chi connectivity index (χ4n) is 2.42. The highest BCUT2D eigenvalue weighted by molar-refractivity contribution is 7.89. The molecule has 1 aliphatic carbocycles. The van der Waals surface area contributed by atoms with Crippen molar-refractivity contribution in [2.45, 2.75) is 50.1 Å². The molecular weight excluding hydrogens is 288 g/mol. The second-order valence-electron chi connectivity index (χ2n) is 5.58. The maximum Gasteiger partial charge on any atom is 0.240 e. The van der Waals surface area contributed by atoms with Gasteiger partial charge in [-0.1, -0.05) is 19.8 Å². The molecule has 3 N–H and O–H groups in total. The van der Waals surface area contributed by atoms with Gasteiger partial charge in [0.25, 0.3) is 0 Å². The molecular formula is C15H24N2O3S. The predicted octanol–water partition coefficient (Wildman–Crippen LogP) is 2.01. The van der Waals surface area contributed by atoms with E-state index in [-0.39, 0.29) is 17.5 Å². The van der Waals surface area contributed by atoms with Crippen LogP contribution < -0.4 is 15.2 Å². The van der Waals surface area contributed by atoms with Crippen LogP contribution in [0.3, 0.4) is 0 Å². The summed E-state index contributed by atoms with van der Waals surface area (Å²) in [6, 6.07) is 4.80. The molecule has 6 heteroatoms. The number of hydrogen-bond donors (Lipinski definition) is 2. The molecule has 0 radical (unpaired) electrons. The lowest BCUT2D eigenvalue weighted by Gasteiger charge is -2.17. The van der Waals surface area contributed by atoms with Crippen LogP contribution in [-0.2, 0) is 16.6 Å². The molecule has 2 rings (SSSR count). The standard InChI is InChI=1S/C15H24N2O3S/c1-3-13(8-11-4-5-11)17-21(18,19)14-6-7-15(20-2)12(9-14)10-16/h6-7,9,11,13,17H,3-5,8,10,16H2,1-2H3. The Morgan fingerprint density at radius 2 is 2.14 bits per heavy atom. The number of hydrogen-bond acceptors (Lipinski definition) is 4. The highest BCUT2D eigenvalue weighted by Crippen LogP contribution is 2.34. The zero-order chi connectivity index (χ0) is 15.5. The average molecular weight is 312 g/mol. The summed E-state index contributed by atoms with van der Waals surface area (Å²) in [5.41, 5.74) is 6.34. The van der Waals surface area contributed by atoms with Gasteiger partial charge in [0.05, 0.1) is 12.0 Å². The Kier molecular flexibility index (Phi) is 5.24. The van der Waals surface area contributed by atoms with Gasteiger partial charge in [-0.05, 0) is 37.0 Å². The molecule has 0 heterocycles. The molecule has 1 fully saturated rings. The Morgan fingerprint density at radius 1 is 1.43 bits per heavy atom. The molecule has 1 atom stereocenters. The van der Waals surface area contributed by atoms with Crippen molar-refractivity contribution < 1.29 is 13.2 Å². The first-order valence-electron chi connectivity index (χ1n) is 7.39. The molecule has 1 aromatic carbocycles. The Labute approximate surface area is 126 Å². The van der Waals surface area contributed by atoms with E-state index < -0.39 is 10.0 Å². The van der Waals surface area contributed by atoms with E-state index in [0.717, 1.165) is 12.8 Å². The second kappa shape index (κ2) is 6.77. The van der Waals surface area contributed by atoms with Crippen LogP contribution in [0.2, 0.25) is 0 Å². The number of nitrogens with two attached hydrogens (primary N) is 1. The second-order valence-corrected chi connectivity index (χ2v) is 7.30. The smallest absolute Gasteiger partial charge is 0.240 e. The van der Waals surface area contributed by atoms with Crippen LogP contribution in [0.1, 0.15) is 38.2 Å². The van der Waals surface area contributed by atoms with Gasteiger partial charge >= 0.3 is 0 Å². The molecule has 0 amide bonds. The van der Waals surface area contributed by atoms with Crippen molar-refractivity contribution in [3.8, 4) is 5.75 Å². The van der Waals surface area contributed by atoms with Gasteiger partial charge in [-0.3, -0.25) is 0 Å². The fourth-order valence-corrected chi connectivity index (χ4v) is 3.81. The summed E-state index contributed by atoms with van der Waals surface area (Å²) in [6.07, 6.45) is 4.17. The summed E-state index contributed by atoms with van der Waals surface area (Å²) in [6.45, 7) is 2.25. The number of sulfonamides is 1. The molecule has 5 nitrogen and oxygen atoms in total. The van der Waals surface area contributed by atoms with Crippen molar-refractivity contribution >= 4 is 10.0 Å². The summed E-state index contributed by atoms with van der Waals surface area (Å²) in [4.78, 5) is 0.248. The fraction of sp³-hybridized carbons (Fsp3) is 0.600. The molecule has 0 aromatic heterocycles. The molecule has 0 spiro atoms. The first-order chi connectivity index (χ1) is 10.00. The number of methoxy groups -OCH3 is 1. The largest absolute Gasteiger partial charge is 0.496 e. The SMILES string of the molecule is CCC(CC1CC1)NS(=O)(=O)c1ccc(OC)c(CN)c1. The number of nitrogens with one attached hydrogen (secondary N) is 1. The quantitative estimate of drug-likeness (QED) is 0.769. The topological polar surface area (TPSA) is 81.4 Å². The van der Waals surface area contributed by atoms with Gasteiger partial charge < -0.3 is 10.5 Å². The van der Waals surface area contributed by atoms with Gasteiger partial charge in [0, 0.05) is 18.2 Å². The van der Waals surface area contributed by atoms with Crippen LogP contribution >= 0.6 is 0 Å². The van der Waals surface area contributed by atoms with Crippen LogP contribution in [0.4, 0.5) is 0 Å². The van der Waals surface area contributed by atoms with Gasteiger partial charge in [-0.2, -0.15) is 0 Å². The third kappa shape index (κ3) is 4.18. The Morgan fingerprint density at radius 3 is 2.67 bits per heavy atom. The minimum absolute atomic E-state index is 0.00549. The summed E-state index contributed by atoms with van der Waals surface area (Å²) in [7, 11) is -1.96. The zero-order valence-corrected chi connectivity index (χ0v) is 13.4. The third-order valence-electron chi connectivity index (χ3n) is 3.91. The normalized spacial score (nSPS) is 16.7. The lowest BCUT2D eigenvalue weighted by Crippen LogP contribution is -2.34. The van der Waals surface area contributed by atoms with E-state index in [0.29, 0.717) is 17.2 Å². The van der Waals surface area contributed by atoms with E-state index in [1.54, 1.807) is 25.3 Å². The number of rotatable bonds is 8. The molecule has 0 aliphatic heterocycles. The number of ether oxygens (including phenoxy) is 1. The highest BCUT2D eigenvalue weighted by atomic mass is 32.2. The molecule has 1 aromatic rings. The summed E-state index contributed by atoms with van der Waals surface area (Å²) < 4.78 is 32.9. The van der Waals surface area contributed by atoms with Gasteiger partial charge in [0.2, 0.25) is 10.0 Å². The van der Waals surface area contributed by atoms with Crippen molar-refractivity contribution in [3.05, 3.63) is 23.8 Å². The molecule has 0 bridgehead atoms. The molecule has 118 valence electrons.